The average molecular weight is 546 g/mol. The molecule has 0 unspecified atom stereocenters. The molecule has 0 amide bonds. The molecule has 0 aliphatic heterocycles. The summed E-state index contributed by atoms with van der Waals surface area (Å²) >= 11 is 0. The van der Waals surface area contributed by atoms with Gasteiger partial charge in [0.05, 0.1) is 20.9 Å². The second-order valence-corrected chi connectivity index (χ2v) is 11.5. The molecule has 19 heteroatoms. The van der Waals surface area contributed by atoms with E-state index in [4.69, 9.17) is 9.11 Å². The second-order valence-electron chi connectivity index (χ2n) is 5.89. The molecule has 0 fully saturated rings. The smallest absolute Gasteiger partial charge is 0.347 e. The van der Waals surface area contributed by atoms with Crippen LogP contribution < -0.4 is 0 Å². The lowest BCUT2D eigenvalue weighted by Gasteiger charge is -2.10. The van der Waals surface area contributed by atoms with Crippen LogP contribution in [-0.2, 0) is 45.2 Å². The molecule has 0 spiro atoms. The van der Waals surface area contributed by atoms with E-state index in [1.54, 1.807) is 0 Å². The summed E-state index contributed by atoms with van der Waals surface area (Å²) in [4.78, 5) is 19.6. The molecule has 180 valence electrons. The normalized spacial score (nSPS) is 12.8. The van der Waals surface area contributed by atoms with Crippen LogP contribution in [-0.4, -0.2) is 63.8 Å². The van der Waals surface area contributed by atoms with Gasteiger partial charge in [0.15, 0.2) is 0 Å². The Balaban J connectivity index is 2.58. The molecular weight excluding hydrogens is 536 g/mol. The van der Waals surface area contributed by atoms with Gasteiger partial charge in [-0.05, 0) is 36.4 Å². The summed E-state index contributed by atoms with van der Waals surface area (Å²) in [5.74, 6) is -3.73. The minimum atomic E-state index is -5.33. The first kappa shape index (κ1) is 26.5. The van der Waals surface area contributed by atoms with E-state index in [1.807, 2.05) is 0 Å². The van der Waals surface area contributed by atoms with Gasteiger partial charge in [-0.15, -0.1) is 0 Å². The van der Waals surface area contributed by atoms with Gasteiger partial charge in [-0.2, -0.15) is 33.7 Å². The number of hydrogen-bond donors (Lipinski definition) is 4. The van der Waals surface area contributed by atoms with Gasteiger partial charge in [0.2, 0.25) is 0 Å². The second kappa shape index (κ2) is 8.53. The predicted octanol–water partition coefficient (Wildman–Crippen LogP) is -0.329. The number of hydrogen-bond acceptors (Lipinski definition) is 11. The lowest BCUT2D eigenvalue weighted by Crippen LogP contribution is -2.19. The molecule has 0 aliphatic rings. The Morgan fingerprint density at radius 2 is 0.848 bits per heavy atom. The zero-order valence-electron chi connectivity index (χ0n) is 15.4. The molecule has 2 aromatic rings. The van der Waals surface area contributed by atoms with Gasteiger partial charge >= 0.3 is 11.9 Å². The summed E-state index contributed by atoms with van der Waals surface area (Å²) in [5, 5.41) is 0. The fourth-order valence-corrected chi connectivity index (χ4v) is 4.86. The largest absolute Gasteiger partial charge is 0.386 e. The van der Waals surface area contributed by atoms with E-state index in [-0.39, 0.29) is 12.1 Å². The molecule has 0 heterocycles. The van der Waals surface area contributed by atoms with Crippen LogP contribution in [0, 0.1) is 0 Å². The zero-order valence-corrected chi connectivity index (χ0v) is 18.6. The fraction of sp³-hybridized carbons (Fsp3) is 0. The van der Waals surface area contributed by atoms with Gasteiger partial charge in [0.1, 0.15) is 9.79 Å². The molecule has 0 saturated carbocycles. The van der Waals surface area contributed by atoms with Crippen molar-refractivity contribution in [1.29, 1.82) is 0 Å². The highest BCUT2D eigenvalue weighted by atomic mass is 32.2. The Kier molecular flexibility index (Phi) is 6.85. The third kappa shape index (κ3) is 6.17. The summed E-state index contributed by atoms with van der Waals surface area (Å²) in [6.45, 7) is 0. The highest BCUT2D eigenvalue weighted by molar-refractivity contribution is 7.87. The molecule has 15 nitrogen and oxygen atoms in total. The molecule has 2 rings (SSSR count). The number of ether oxygens (including phenoxy) is 1. The average Bonchev–Trinajstić information content (AvgIpc) is 2.64. The van der Waals surface area contributed by atoms with Crippen molar-refractivity contribution in [3.05, 3.63) is 47.5 Å². The first-order valence-corrected chi connectivity index (χ1v) is 13.4. The lowest BCUT2D eigenvalue weighted by atomic mass is 10.2. The van der Waals surface area contributed by atoms with Crippen LogP contribution in [0.5, 0.6) is 0 Å². The van der Waals surface area contributed by atoms with E-state index < -0.39 is 83.1 Å². The van der Waals surface area contributed by atoms with E-state index >= 15 is 0 Å². The van der Waals surface area contributed by atoms with Crippen LogP contribution in [0.1, 0.15) is 20.7 Å². The minimum absolute atomic E-state index is 0.163. The Bertz CT molecular complexity index is 1480. The van der Waals surface area contributed by atoms with Crippen LogP contribution >= 0.6 is 0 Å². The van der Waals surface area contributed by atoms with E-state index in [0.717, 1.165) is 0 Å². The van der Waals surface area contributed by atoms with Crippen molar-refractivity contribution in [2.45, 2.75) is 19.6 Å². The van der Waals surface area contributed by atoms with Crippen molar-refractivity contribution in [1.82, 2.24) is 0 Å². The fourth-order valence-electron chi connectivity index (χ4n) is 2.28. The molecule has 0 radical (unpaired) electrons. The van der Waals surface area contributed by atoms with Crippen molar-refractivity contribution in [3.8, 4) is 0 Å². The molecule has 0 aromatic heterocycles. The monoisotopic (exact) mass is 546 g/mol. The molecular formula is C14H10O15S4. The first-order valence-electron chi connectivity index (χ1n) is 7.67. The van der Waals surface area contributed by atoms with Crippen LogP contribution in [0.15, 0.2) is 56.0 Å². The Morgan fingerprint density at radius 3 is 1.09 bits per heavy atom. The molecule has 0 atom stereocenters. The van der Waals surface area contributed by atoms with Crippen molar-refractivity contribution >= 4 is 52.4 Å². The van der Waals surface area contributed by atoms with Gasteiger partial charge in [-0.25, -0.2) is 9.59 Å². The number of rotatable bonds is 6. The number of benzene rings is 2. The summed E-state index contributed by atoms with van der Waals surface area (Å²) < 4.78 is 131. The number of carbonyl (C=O) groups excluding carboxylic acids is 2. The third-order valence-electron chi connectivity index (χ3n) is 3.68. The van der Waals surface area contributed by atoms with Crippen LogP contribution in [0.3, 0.4) is 0 Å². The van der Waals surface area contributed by atoms with Crippen LogP contribution in [0.2, 0.25) is 0 Å². The Hall–Kier alpha value is -2.78. The van der Waals surface area contributed by atoms with Crippen molar-refractivity contribution in [2.24, 2.45) is 0 Å². The van der Waals surface area contributed by atoms with Crippen molar-refractivity contribution in [2.75, 3.05) is 0 Å². The van der Waals surface area contributed by atoms with Gasteiger partial charge in [-0.1, -0.05) is 0 Å². The summed E-state index contributed by atoms with van der Waals surface area (Å²) in [6, 6.07) is 2.22. The summed E-state index contributed by atoms with van der Waals surface area (Å²) in [5.41, 5.74) is -2.25. The van der Waals surface area contributed by atoms with Gasteiger partial charge < -0.3 is 4.74 Å². The number of esters is 2. The Morgan fingerprint density at radius 1 is 0.545 bits per heavy atom. The highest BCUT2D eigenvalue weighted by Crippen LogP contribution is 2.24. The van der Waals surface area contributed by atoms with Crippen molar-refractivity contribution in [3.63, 3.8) is 0 Å². The summed E-state index contributed by atoms with van der Waals surface area (Å²) in [6.07, 6.45) is 0. The standard InChI is InChI=1S/C14H10O15S4/c15-13(9-3-1-7(30(17,18)19)5-11(9)32(23,24)25)29-14(16)10-4-2-8(31(20,21)22)6-12(10)33(26,27)28/h1-6H,(H,17,18,19)(H,20,21,22)(H,23,24,25)(H,26,27,28). The van der Waals surface area contributed by atoms with E-state index in [1.165, 1.54) is 0 Å². The van der Waals surface area contributed by atoms with Gasteiger partial charge in [-0.3, -0.25) is 18.2 Å². The molecule has 33 heavy (non-hydrogen) atoms. The molecule has 0 aliphatic carbocycles. The predicted molar refractivity (Wildman–Crippen MR) is 102 cm³/mol. The van der Waals surface area contributed by atoms with E-state index in [0.29, 0.717) is 24.3 Å². The molecule has 0 bridgehead atoms. The maximum Gasteiger partial charge on any atom is 0.347 e. The van der Waals surface area contributed by atoms with Crippen molar-refractivity contribution < 1.29 is 66.2 Å². The zero-order chi connectivity index (χ0) is 25.6. The maximum absolute atomic E-state index is 12.3. The van der Waals surface area contributed by atoms with Crippen LogP contribution in [0.25, 0.3) is 0 Å². The SMILES string of the molecule is O=C(OC(=O)c1ccc(S(=O)(=O)O)cc1S(=O)(=O)O)c1ccc(S(=O)(=O)O)cc1S(=O)(=O)O. The maximum atomic E-state index is 12.3. The quantitative estimate of drug-likeness (QED) is 0.205. The van der Waals surface area contributed by atoms with E-state index in [2.05, 4.69) is 4.74 Å². The van der Waals surface area contributed by atoms with Crippen LogP contribution in [0.4, 0.5) is 0 Å². The Labute approximate surface area is 185 Å². The van der Waals surface area contributed by atoms with Gasteiger partial charge in [0.25, 0.3) is 40.5 Å². The van der Waals surface area contributed by atoms with E-state index in [9.17, 15) is 52.4 Å². The summed E-state index contributed by atoms with van der Waals surface area (Å²) in [7, 11) is -20.6. The molecule has 0 saturated heterocycles. The molecule has 4 N–H and O–H groups in total. The third-order valence-corrected chi connectivity index (χ3v) is 7.17. The lowest BCUT2D eigenvalue weighted by molar-refractivity contribution is 0.0391. The first-order chi connectivity index (χ1) is 14.7. The minimum Gasteiger partial charge on any atom is -0.386 e. The topological polar surface area (TPSA) is 261 Å². The molecule has 2 aromatic carbocycles. The highest BCUT2D eigenvalue weighted by Gasteiger charge is 2.29. The number of carbonyl (C=O) groups is 2. The van der Waals surface area contributed by atoms with Gasteiger partial charge in [0, 0.05) is 0 Å².